The Morgan fingerprint density at radius 1 is 1.19 bits per heavy atom. The minimum atomic E-state index is 0.189. The lowest BCUT2D eigenvalue weighted by atomic mass is 9.54. The standard InChI is InChI=1S/C20H34N4O2/c1-3-21-19(22-15-6-11-24(12-7-15)14(2)25)23-17-16-8-13-26-18(16)20(17)9-4-5-10-20/h15-18H,3-13H2,1-2H3,(H2,21,22,23). The molecule has 2 aliphatic carbocycles. The number of nitrogens with zero attached hydrogens (tertiary/aromatic N) is 2. The summed E-state index contributed by atoms with van der Waals surface area (Å²) in [4.78, 5) is 18.2. The number of aliphatic imine (C=N–C) groups is 1. The van der Waals surface area contributed by atoms with Crippen LogP contribution in [0.5, 0.6) is 0 Å². The zero-order chi connectivity index (χ0) is 18.1. The first-order valence-electron chi connectivity index (χ1n) is 10.6. The summed E-state index contributed by atoms with van der Waals surface area (Å²) in [6.45, 7) is 7.15. The lowest BCUT2D eigenvalue weighted by Gasteiger charge is -2.57. The molecule has 4 rings (SSSR count). The van der Waals surface area contributed by atoms with Crippen LogP contribution in [0, 0.1) is 11.3 Å². The number of rotatable bonds is 3. The van der Waals surface area contributed by atoms with Crippen molar-refractivity contribution in [1.29, 1.82) is 0 Å². The lowest BCUT2D eigenvalue weighted by molar-refractivity contribution is -0.129. The number of carbonyl (C=O) groups is 1. The van der Waals surface area contributed by atoms with E-state index in [4.69, 9.17) is 9.73 Å². The third-order valence-corrected chi connectivity index (χ3v) is 7.18. The highest BCUT2D eigenvalue weighted by Crippen LogP contribution is 2.60. The molecule has 6 nitrogen and oxygen atoms in total. The van der Waals surface area contributed by atoms with Gasteiger partial charge in [-0.15, -0.1) is 0 Å². The first-order chi connectivity index (χ1) is 12.6. The number of carbonyl (C=O) groups excluding carboxylic acids is 1. The molecule has 3 atom stereocenters. The summed E-state index contributed by atoms with van der Waals surface area (Å²) in [5.41, 5.74) is 0.343. The van der Waals surface area contributed by atoms with E-state index in [0.717, 1.165) is 45.0 Å². The summed E-state index contributed by atoms with van der Waals surface area (Å²) in [5, 5.41) is 7.48. The predicted molar refractivity (Wildman–Crippen MR) is 102 cm³/mol. The number of hydrogen-bond donors (Lipinski definition) is 2. The van der Waals surface area contributed by atoms with Gasteiger partial charge in [0.2, 0.25) is 5.91 Å². The van der Waals surface area contributed by atoms with Crippen LogP contribution in [0.15, 0.2) is 4.99 Å². The SMILES string of the molecule is CCN=C(NC1CCN(C(C)=O)CC1)NC1C2CCOC2C12CCCC2. The first kappa shape index (κ1) is 18.1. The van der Waals surface area contributed by atoms with Crippen LogP contribution in [0.3, 0.4) is 0 Å². The molecule has 2 N–H and O–H groups in total. The van der Waals surface area contributed by atoms with Crippen LogP contribution in [0.4, 0.5) is 0 Å². The molecule has 3 unspecified atom stereocenters. The maximum absolute atomic E-state index is 11.5. The molecule has 4 fully saturated rings. The predicted octanol–water partition coefficient (Wildman–Crippen LogP) is 1.90. The number of likely N-dealkylation sites (tertiary alicyclic amines) is 1. The Labute approximate surface area is 157 Å². The molecular formula is C20H34N4O2. The molecule has 2 heterocycles. The molecule has 0 aromatic heterocycles. The second-order valence-electron chi connectivity index (χ2n) is 8.55. The molecule has 26 heavy (non-hydrogen) atoms. The molecule has 6 heteroatoms. The highest BCUT2D eigenvalue weighted by molar-refractivity contribution is 5.81. The zero-order valence-electron chi connectivity index (χ0n) is 16.3. The minimum Gasteiger partial charge on any atom is -0.377 e. The van der Waals surface area contributed by atoms with Gasteiger partial charge in [-0.3, -0.25) is 9.79 Å². The van der Waals surface area contributed by atoms with Crippen molar-refractivity contribution in [3.8, 4) is 0 Å². The van der Waals surface area contributed by atoms with E-state index in [1.807, 2.05) is 4.90 Å². The van der Waals surface area contributed by atoms with Crippen LogP contribution >= 0.6 is 0 Å². The summed E-state index contributed by atoms with van der Waals surface area (Å²) in [6, 6.07) is 0.909. The van der Waals surface area contributed by atoms with Gasteiger partial charge < -0.3 is 20.3 Å². The fourth-order valence-electron chi connectivity index (χ4n) is 5.87. The molecule has 0 radical (unpaired) electrons. The quantitative estimate of drug-likeness (QED) is 0.594. The van der Waals surface area contributed by atoms with Crippen LogP contribution in [0.1, 0.15) is 58.8 Å². The van der Waals surface area contributed by atoms with Crippen molar-refractivity contribution >= 4 is 11.9 Å². The van der Waals surface area contributed by atoms with Crippen molar-refractivity contribution in [2.75, 3.05) is 26.2 Å². The number of nitrogens with one attached hydrogen (secondary N) is 2. The van der Waals surface area contributed by atoms with Gasteiger partial charge in [-0.2, -0.15) is 0 Å². The Morgan fingerprint density at radius 2 is 1.92 bits per heavy atom. The van der Waals surface area contributed by atoms with Gasteiger partial charge in [-0.1, -0.05) is 12.8 Å². The third-order valence-electron chi connectivity index (χ3n) is 7.18. The Bertz CT molecular complexity index is 550. The molecule has 2 saturated carbocycles. The Morgan fingerprint density at radius 3 is 2.58 bits per heavy atom. The van der Waals surface area contributed by atoms with E-state index in [1.165, 1.54) is 32.1 Å². The summed E-state index contributed by atoms with van der Waals surface area (Å²) in [7, 11) is 0. The number of ether oxygens (including phenoxy) is 1. The molecule has 1 spiro atoms. The average Bonchev–Trinajstić information content (AvgIpc) is 3.29. The number of hydrogen-bond acceptors (Lipinski definition) is 3. The van der Waals surface area contributed by atoms with Gasteiger partial charge in [0, 0.05) is 56.6 Å². The summed E-state index contributed by atoms with van der Waals surface area (Å²) in [5.74, 6) is 1.81. The fourth-order valence-corrected chi connectivity index (χ4v) is 5.87. The van der Waals surface area contributed by atoms with E-state index in [-0.39, 0.29) is 5.91 Å². The van der Waals surface area contributed by atoms with Crippen molar-refractivity contribution < 1.29 is 9.53 Å². The topological polar surface area (TPSA) is 66.0 Å². The van der Waals surface area contributed by atoms with Crippen LogP contribution < -0.4 is 10.6 Å². The van der Waals surface area contributed by atoms with Gasteiger partial charge in [0.05, 0.1) is 6.10 Å². The van der Waals surface area contributed by atoms with E-state index in [2.05, 4.69) is 17.6 Å². The van der Waals surface area contributed by atoms with Gasteiger partial charge >= 0.3 is 0 Å². The Kier molecular flexibility index (Phi) is 5.13. The molecule has 0 aromatic rings. The minimum absolute atomic E-state index is 0.189. The molecule has 2 saturated heterocycles. The van der Waals surface area contributed by atoms with Gasteiger partial charge in [0.15, 0.2) is 5.96 Å². The van der Waals surface area contributed by atoms with E-state index in [0.29, 0.717) is 29.5 Å². The molecule has 1 amide bonds. The maximum Gasteiger partial charge on any atom is 0.219 e. The molecule has 146 valence electrons. The van der Waals surface area contributed by atoms with Gasteiger partial charge in [-0.25, -0.2) is 0 Å². The summed E-state index contributed by atoms with van der Waals surface area (Å²) >= 11 is 0. The zero-order valence-corrected chi connectivity index (χ0v) is 16.3. The average molecular weight is 363 g/mol. The lowest BCUT2D eigenvalue weighted by Crippen LogP contribution is -2.69. The second-order valence-corrected chi connectivity index (χ2v) is 8.55. The number of guanidine groups is 1. The highest BCUT2D eigenvalue weighted by atomic mass is 16.5. The van der Waals surface area contributed by atoms with Crippen molar-refractivity contribution in [3.63, 3.8) is 0 Å². The largest absolute Gasteiger partial charge is 0.377 e. The van der Waals surface area contributed by atoms with Crippen molar-refractivity contribution in [2.45, 2.75) is 77.0 Å². The van der Waals surface area contributed by atoms with Crippen LogP contribution in [0.25, 0.3) is 0 Å². The Balaban J connectivity index is 1.38. The van der Waals surface area contributed by atoms with Crippen molar-refractivity contribution in [3.05, 3.63) is 0 Å². The third kappa shape index (κ3) is 3.10. The van der Waals surface area contributed by atoms with Gasteiger partial charge in [-0.05, 0) is 39.0 Å². The van der Waals surface area contributed by atoms with Crippen molar-refractivity contribution in [2.24, 2.45) is 16.3 Å². The molecule has 0 aromatic carbocycles. The number of fused-ring (bicyclic) bond motifs is 2. The normalized spacial score (nSPS) is 33.8. The molecule has 0 bridgehead atoms. The first-order valence-corrected chi connectivity index (χ1v) is 10.6. The second kappa shape index (κ2) is 7.37. The maximum atomic E-state index is 11.5. The molecule has 4 aliphatic rings. The van der Waals surface area contributed by atoms with Crippen LogP contribution in [0.2, 0.25) is 0 Å². The van der Waals surface area contributed by atoms with Gasteiger partial charge in [0.25, 0.3) is 0 Å². The molecular weight excluding hydrogens is 328 g/mol. The van der Waals surface area contributed by atoms with Crippen LogP contribution in [-0.4, -0.2) is 61.2 Å². The summed E-state index contributed by atoms with van der Waals surface area (Å²) < 4.78 is 6.11. The summed E-state index contributed by atoms with van der Waals surface area (Å²) in [6.07, 6.45) is 8.91. The Hall–Kier alpha value is -1.30. The van der Waals surface area contributed by atoms with E-state index < -0.39 is 0 Å². The van der Waals surface area contributed by atoms with Crippen molar-refractivity contribution in [1.82, 2.24) is 15.5 Å². The van der Waals surface area contributed by atoms with Gasteiger partial charge in [0.1, 0.15) is 0 Å². The van der Waals surface area contributed by atoms with E-state index >= 15 is 0 Å². The molecule has 2 aliphatic heterocycles. The highest BCUT2D eigenvalue weighted by Gasteiger charge is 2.65. The fraction of sp³-hybridized carbons (Fsp3) is 0.900. The van der Waals surface area contributed by atoms with E-state index in [1.54, 1.807) is 6.92 Å². The van der Waals surface area contributed by atoms with Crippen LogP contribution in [-0.2, 0) is 9.53 Å². The van der Waals surface area contributed by atoms with E-state index in [9.17, 15) is 4.79 Å². The number of piperidine rings is 1. The smallest absolute Gasteiger partial charge is 0.219 e. The monoisotopic (exact) mass is 362 g/mol. The number of amides is 1.